The van der Waals surface area contributed by atoms with Crippen LogP contribution in [0.5, 0.6) is 0 Å². The second-order valence-electron chi connectivity index (χ2n) is 8.53. The van der Waals surface area contributed by atoms with Crippen molar-refractivity contribution in [1.29, 1.82) is 0 Å². The van der Waals surface area contributed by atoms with Crippen LogP contribution >= 0.6 is 11.8 Å². The first-order chi connectivity index (χ1) is 15.5. The Morgan fingerprint density at radius 3 is 2.06 bits per heavy atom. The zero-order valence-electron chi connectivity index (χ0n) is 19.0. The normalized spacial score (nSPS) is 15.0. The summed E-state index contributed by atoms with van der Waals surface area (Å²) in [5.41, 5.74) is 5.90. The van der Waals surface area contributed by atoms with Gasteiger partial charge in [-0.25, -0.2) is 4.98 Å². The van der Waals surface area contributed by atoms with Crippen molar-refractivity contribution in [2.45, 2.75) is 69.3 Å². The number of carbonyl (C=O) groups is 1. The Balaban J connectivity index is 1.64. The molecule has 1 aliphatic carbocycles. The zero-order valence-corrected chi connectivity index (χ0v) is 19.8. The first-order valence-electron chi connectivity index (χ1n) is 11.4. The lowest BCUT2D eigenvalue weighted by Gasteiger charge is -2.18. The maximum atomic E-state index is 12.8. The van der Waals surface area contributed by atoms with E-state index in [9.17, 15) is 4.79 Å². The monoisotopic (exact) mass is 446 g/mol. The molecule has 166 valence electrons. The van der Waals surface area contributed by atoms with E-state index in [0.717, 1.165) is 35.4 Å². The predicted molar refractivity (Wildman–Crippen MR) is 131 cm³/mol. The molecule has 0 bridgehead atoms. The van der Waals surface area contributed by atoms with Crippen molar-refractivity contribution in [3.05, 3.63) is 59.7 Å². The number of carbonyl (C=O) groups excluding carboxylic acids is 1. The Bertz CT molecular complexity index is 1060. The van der Waals surface area contributed by atoms with Gasteiger partial charge in [0.2, 0.25) is 11.1 Å². The molecule has 1 heterocycles. The molecule has 1 N–H and O–H groups in total. The van der Waals surface area contributed by atoms with Crippen LogP contribution in [-0.2, 0) is 4.79 Å². The Labute approximate surface area is 194 Å². The van der Waals surface area contributed by atoms with Crippen molar-refractivity contribution in [1.82, 2.24) is 20.5 Å². The SMILES string of the molecule is CC[C@H](Sc1nnc(-c2ccc(C)cc2)c(-c2ccc(C)cc2)n1)C(=O)NC1CCCC1. The highest BCUT2D eigenvalue weighted by molar-refractivity contribution is 8.00. The zero-order chi connectivity index (χ0) is 22.5. The number of aromatic nitrogens is 3. The van der Waals surface area contributed by atoms with Gasteiger partial charge in [-0.15, -0.1) is 10.2 Å². The van der Waals surface area contributed by atoms with Crippen molar-refractivity contribution in [3.63, 3.8) is 0 Å². The number of thioether (sulfide) groups is 1. The fourth-order valence-electron chi connectivity index (χ4n) is 3.99. The van der Waals surface area contributed by atoms with E-state index < -0.39 is 0 Å². The van der Waals surface area contributed by atoms with Crippen molar-refractivity contribution >= 4 is 17.7 Å². The lowest BCUT2D eigenvalue weighted by atomic mass is 10.0. The van der Waals surface area contributed by atoms with Gasteiger partial charge in [-0.1, -0.05) is 91.2 Å². The number of hydrogen-bond acceptors (Lipinski definition) is 5. The minimum atomic E-state index is -0.228. The van der Waals surface area contributed by atoms with E-state index >= 15 is 0 Å². The number of hydrogen-bond donors (Lipinski definition) is 1. The summed E-state index contributed by atoms with van der Waals surface area (Å²) >= 11 is 1.40. The van der Waals surface area contributed by atoms with Gasteiger partial charge in [-0.3, -0.25) is 4.79 Å². The molecule has 1 atom stereocenters. The molecule has 1 aliphatic rings. The van der Waals surface area contributed by atoms with Crippen LogP contribution in [0.25, 0.3) is 22.5 Å². The van der Waals surface area contributed by atoms with Crippen LogP contribution in [0, 0.1) is 13.8 Å². The Hall–Kier alpha value is -2.73. The molecule has 0 spiro atoms. The van der Waals surface area contributed by atoms with E-state index in [2.05, 4.69) is 77.9 Å². The van der Waals surface area contributed by atoms with Crippen molar-refractivity contribution < 1.29 is 4.79 Å². The van der Waals surface area contributed by atoms with Crippen LogP contribution in [0.15, 0.2) is 53.7 Å². The lowest BCUT2D eigenvalue weighted by Crippen LogP contribution is -2.38. The molecule has 1 fully saturated rings. The third kappa shape index (κ3) is 5.36. The summed E-state index contributed by atoms with van der Waals surface area (Å²) in [5.74, 6) is 0.0764. The molecule has 5 nitrogen and oxygen atoms in total. The van der Waals surface area contributed by atoms with E-state index in [1.165, 1.54) is 35.7 Å². The quantitative estimate of drug-likeness (QED) is 0.468. The predicted octanol–water partition coefficient (Wildman–Crippen LogP) is 5.75. The molecule has 1 aromatic heterocycles. The van der Waals surface area contributed by atoms with Gasteiger partial charge in [0.05, 0.1) is 5.25 Å². The largest absolute Gasteiger partial charge is 0.352 e. The third-order valence-corrected chi connectivity index (χ3v) is 7.15. The second kappa shape index (κ2) is 10.3. The highest BCUT2D eigenvalue weighted by Crippen LogP contribution is 2.32. The first-order valence-corrected chi connectivity index (χ1v) is 12.3. The minimum absolute atomic E-state index is 0.0764. The fraction of sp³-hybridized carbons (Fsp3) is 0.385. The summed E-state index contributed by atoms with van der Waals surface area (Å²) in [4.78, 5) is 17.7. The summed E-state index contributed by atoms with van der Waals surface area (Å²) in [6.45, 7) is 6.16. The van der Waals surface area contributed by atoms with Crippen molar-refractivity contribution in [3.8, 4) is 22.5 Å². The molecular weight excluding hydrogens is 416 g/mol. The van der Waals surface area contributed by atoms with E-state index in [1.54, 1.807) is 0 Å². The van der Waals surface area contributed by atoms with Gasteiger partial charge in [0, 0.05) is 17.2 Å². The van der Waals surface area contributed by atoms with Crippen LogP contribution in [0.4, 0.5) is 0 Å². The van der Waals surface area contributed by atoms with Gasteiger partial charge in [0.1, 0.15) is 11.4 Å². The van der Waals surface area contributed by atoms with Crippen LogP contribution in [0.2, 0.25) is 0 Å². The lowest BCUT2D eigenvalue weighted by molar-refractivity contribution is -0.121. The molecule has 3 aromatic rings. The minimum Gasteiger partial charge on any atom is -0.352 e. The first kappa shape index (κ1) is 22.5. The number of aryl methyl sites for hydroxylation is 2. The summed E-state index contributed by atoms with van der Waals surface area (Å²) in [6, 6.07) is 16.8. The molecular formula is C26H30N4OS. The molecule has 32 heavy (non-hydrogen) atoms. The van der Waals surface area contributed by atoms with Crippen molar-refractivity contribution in [2.24, 2.45) is 0 Å². The highest BCUT2D eigenvalue weighted by Gasteiger charge is 2.25. The number of amides is 1. The molecule has 0 aliphatic heterocycles. The number of nitrogens with one attached hydrogen (secondary N) is 1. The van der Waals surface area contributed by atoms with Gasteiger partial charge in [-0.05, 0) is 33.1 Å². The molecule has 0 unspecified atom stereocenters. The average Bonchev–Trinajstić information content (AvgIpc) is 3.31. The average molecular weight is 447 g/mol. The summed E-state index contributed by atoms with van der Waals surface area (Å²) in [5, 5.41) is 12.5. The van der Waals surface area contributed by atoms with Gasteiger partial charge >= 0.3 is 0 Å². The third-order valence-electron chi connectivity index (χ3n) is 5.93. The fourth-order valence-corrected chi connectivity index (χ4v) is 4.82. The van der Waals surface area contributed by atoms with Gasteiger partial charge in [0.15, 0.2) is 0 Å². The van der Waals surface area contributed by atoms with E-state index in [1.807, 2.05) is 6.92 Å². The van der Waals surface area contributed by atoms with Crippen molar-refractivity contribution in [2.75, 3.05) is 0 Å². The van der Waals surface area contributed by atoms with Gasteiger partial charge < -0.3 is 5.32 Å². The molecule has 1 saturated carbocycles. The van der Waals surface area contributed by atoms with Crippen LogP contribution < -0.4 is 5.32 Å². The molecule has 1 amide bonds. The molecule has 6 heteroatoms. The number of benzene rings is 2. The second-order valence-corrected chi connectivity index (χ2v) is 9.70. The Morgan fingerprint density at radius 1 is 0.938 bits per heavy atom. The highest BCUT2D eigenvalue weighted by atomic mass is 32.2. The molecule has 2 aromatic carbocycles. The number of nitrogens with zero attached hydrogens (tertiary/aromatic N) is 3. The Kier molecular flexibility index (Phi) is 7.20. The summed E-state index contributed by atoms with van der Waals surface area (Å²) in [6.07, 6.45) is 5.26. The maximum absolute atomic E-state index is 12.8. The van der Waals surface area contributed by atoms with Gasteiger partial charge in [-0.2, -0.15) is 0 Å². The van der Waals surface area contributed by atoms with E-state index in [-0.39, 0.29) is 11.2 Å². The summed E-state index contributed by atoms with van der Waals surface area (Å²) in [7, 11) is 0. The smallest absolute Gasteiger partial charge is 0.233 e. The van der Waals surface area contributed by atoms with E-state index in [4.69, 9.17) is 4.98 Å². The topological polar surface area (TPSA) is 67.8 Å². The number of rotatable bonds is 7. The van der Waals surface area contributed by atoms with Crippen LogP contribution in [0.1, 0.15) is 50.2 Å². The van der Waals surface area contributed by atoms with Crippen LogP contribution in [0.3, 0.4) is 0 Å². The Morgan fingerprint density at radius 2 is 1.50 bits per heavy atom. The van der Waals surface area contributed by atoms with Gasteiger partial charge in [0.25, 0.3) is 0 Å². The summed E-state index contributed by atoms with van der Waals surface area (Å²) < 4.78 is 0. The molecule has 0 saturated heterocycles. The molecule has 0 radical (unpaired) electrons. The van der Waals surface area contributed by atoms with E-state index in [0.29, 0.717) is 17.6 Å². The van der Waals surface area contributed by atoms with Crippen LogP contribution in [-0.4, -0.2) is 32.4 Å². The molecule has 4 rings (SSSR count). The standard InChI is InChI=1S/C26H30N4OS/c1-4-22(25(31)27-21-7-5-6-8-21)32-26-28-23(19-13-9-17(2)10-14-19)24(29-30-26)20-15-11-18(3)12-16-20/h9-16,21-22H,4-8H2,1-3H3,(H,27,31)/t22-/m0/s1. The maximum Gasteiger partial charge on any atom is 0.233 e.